The van der Waals surface area contributed by atoms with Crippen LogP contribution in [0.5, 0.6) is 23.0 Å². The third-order valence-electron chi connectivity index (χ3n) is 7.98. The van der Waals surface area contributed by atoms with Crippen LogP contribution in [0.1, 0.15) is 36.6 Å². The summed E-state index contributed by atoms with van der Waals surface area (Å²) in [5.41, 5.74) is 3.01. The number of allylic oxidation sites excluding steroid dienone is 1. The first-order valence-electron chi connectivity index (χ1n) is 14.8. The number of hydrogen-bond donors (Lipinski definition) is 0. The number of benzene rings is 4. The van der Waals surface area contributed by atoms with Gasteiger partial charge in [0.25, 0.3) is 5.56 Å². The van der Waals surface area contributed by atoms with Crippen molar-refractivity contribution in [2.45, 2.75) is 26.5 Å². The second kappa shape index (κ2) is 12.2. The second-order valence-corrected chi connectivity index (χ2v) is 11.8. The van der Waals surface area contributed by atoms with Crippen molar-refractivity contribution in [2.24, 2.45) is 4.99 Å². The normalized spacial score (nSPS) is 15.5. The van der Waals surface area contributed by atoms with Gasteiger partial charge in [0.1, 0.15) is 6.61 Å². The van der Waals surface area contributed by atoms with Crippen LogP contribution in [0.4, 0.5) is 0 Å². The number of esters is 1. The van der Waals surface area contributed by atoms with Crippen molar-refractivity contribution in [3.05, 3.63) is 127 Å². The molecule has 0 fully saturated rings. The maximum atomic E-state index is 14.1. The largest absolute Gasteiger partial charge is 0.493 e. The summed E-state index contributed by atoms with van der Waals surface area (Å²) >= 11 is 1.25. The van der Waals surface area contributed by atoms with Crippen LogP contribution in [0.2, 0.25) is 0 Å². The van der Waals surface area contributed by atoms with E-state index in [4.69, 9.17) is 23.7 Å². The molecular weight excluding hydrogens is 604 g/mol. The number of hydrogen-bond acceptors (Lipinski definition) is 9. The lowest BCUT2D eigenvalue weighted by Crippen LogP contribution is -2.39. The number of aromatic nitrogens is 1. The number of carbonyl (C=O) groups excluding carboxylic acids is 1. The van der Waals surface area contributed by atoms with E-state index in [1.54, 1.807) is 43.7 Å². The van der Waals surface area contributed by atoms with Gasteiger partial charge in [0.15, 0.2) is 27.8 Å². The van der Waals surface area contributed by atoms with Gasteiger partial charge in [0.05, 0.1) is 35.6 Å². The highest BCUT2D eigenvalue weighted by molar-refractivity contribution is 7.07. The lowest BCUT2D eigenvalue weighted by Gasteiger charge is -2.24. The Bertz CT molecular complexity index is 2210. The van der Waals surface area contributed by atoms with Crippen molar-refractivity contribution in [2.75, 3.05) is 20.5 Å². The highest BCUT2D eigenvalue weighted by Gasteiger charge is 2.34. The lowest BCUT2D eigenvalue weighted by molar-refractivity contribution is -0.139. The molecule has 1 atom stereocenters. The summed E-state index contributed by atoms with van der Waals surface area (Å²) in [6.45, 7) is 4.17. The third kappa shape index (κ3) is 5.30. The molecule has 0 amide bonds. The molecular formula is C36H30N2O7S. The molecule has 7 rings (SSSR count). The fraction of sp³-hybridized carbons (Fsp3) is 0.194. The Hall–Kier alpha value is -5.35. The Balaban J connectivity index is 1.25. The van der Waals surface area contributed by atoms with E-state index in [0.29, 0.717) is 55.8 Å². The lowest BCUT2D eigenvalue weighted by atomic mass is 9.95. The molecule has 2 aliphatic heterocycles. The highest BCUT2D eigenvalue weighted by atomic mass is 32.1. The maximum Gasteiger partial charge on any atom is 0.338 e. The van der Waals surface area contributed by atoms with Crippen molar-refractivity contribution < 1.29 is 28.5 Å². The highest BCUT2D eigenvalue weighted by Crippen LogP contribution is 2.38. The van der Waals surface area contributed by atoms with Gasteiger partial charge < -0.3 is 23.7 Å². The van der Waals surface area contributed by atoms with Crippen LogP contribution in [0.25, 0.3) is 16.8 Å². The summed E-state index contributed by atoms with van der Waals surface area (Å²) in [4.78, 5) is 32.4. The number of ether oxygens (including phenoxy) is 5. The predicted molar refractivity (Wildman–Crippen MR) is 174 cm³/mol. The van der Waals surface area contributed by atoms with Crippen molar-refractivity contribution in [3.63, 3.8) is 0 Å². The molecule has 2 aliphatic rings. The number of methoxy groups -OCH3 is 1. The van der Waals surface area contributed by atoms with Crippen LogP contribution in [-0.4, -0.2) is 31.0 Å². The molecule has 0 aliphatic carbocycles. The topological polar surface area (TPSA) is 97.6 Å². The zero-order chi connectivity index (χ0) is 31.8. The fourth-order valence-electron chi connectivity index (χ4n) is 5.81. The van der Waals surface area contributed by atoms with Gasteiger partial charge in [-0.15, -0.1) is 0 Å². The van der Waals surface area contributed by atoms with Gasteiger partial charge in [0, 0.05) is 0 Å². The Morgan fingerprint density at radius 3 is 2.70 bits per heavy atom. The summed E-state index contributed by atoms with van der Waals surface area (Å²) < 4.78 is 30.4. The first-order valence-corrected chi connectivity index (χ1v) is 15.6. The van der Waals surface area contributed by atoms with Crippen LogP contribution in [0.3, 0.4) is 0 Å². The van der Waals surface area contributed by atoms with E-state index in [2.05, 4.69) is 29.3 Å². The molecule has 0 radical (unpaired) electrons. The Morgan fingerprint density at radius 2 is 1.85 bits per heavy atom. The van der Waals surface area contributed by atoms with Crippen LogP contribution in [0, 0.1) is 0 Å². The average molecular weight is 635 g/mol. The molecule has 4 aromatic carbocycles. The van der Waals surface area contributed by atoms with Gasteiger partial charge >= 0.3 is 5.97 Å². The molecule has 0 spiro atoms. The van der Waals surface area contributed by atoms with Gasteiger partial charge in [-0.25, -0.2) is 9.79 Å². The van der Waals surface area contributed by atoms with E-state index in [-0.39, 0.29) is 19.0 Å². The summed E-state index contributed by atoms with van der Waals surface area (Å²) in [6, 6.07) is 24.5. The quantitative estimate of drug-likeness (QED) is 0.215. The molecule has 46 heavy (non-hydrogen) atoms. The molecule has 0 saturated carbocycles. The molecule has 0 N–H and O–H groups in total. The Morgan fingerprint density at radius 1 is 1.02 bits per heavy atom. The summed E-state index contributed by atoms with van der Waals surface area (Å²) in [5.74, 6) is 1.76. The molecule has 9 nitrogen and oxygen atoms in total. The zero-order valence-electron chi connectivity index (χ0n) is 25.4. The minimum Gasteiger partial charge on any atom is -0.493 e. The fourth-order valence-corrected chi connectivity index (χ4v) is 6.86. The molecule has 5 aromatic rings. The number of carbonyl (C=O) groups is 1. The van der Waals surface area contributed by atoms with Crippen molar-refractivity contribution in [1.82, 2.24) is 4.57 Å². The summed E-state index contributed by atoms with van der Waals surface area (Å²) in [6.07, 6.45) is 1.79. The number of fused-ring (bicyclic) bond motifs is 3. The molecule has 1 aromatic heterocycles. The standard InChI is InChI=1S/C36H30N2O7S/c1-4-42-35(40)32-21(2)37-36-38(33(32)24-13-15-28-30(18-24)45-20-44-28)34(39)31(46-36)17-22-12-14-27(29(16-22)41-3)43-19-25-10-7-9-23-8-5-6-11-26(23)25/h5-18,33H,4,19-20H2,1-3H3/b31-17-/t33-/m1/s1. The van der Waals surface area contributed by atoms with Gasteiger partial charge in [0.2, 0.25) is 6.79 Å². The smallest absolute Gasteiger partial charge is 0.338 e. The Labute approximate surface area is 268 Å². The van der Waals surface area contributed by atoms with Gasteiger partial charge in [-0.2, -0.15) is 0 Å². The van der Waals surface area contributed by atoms with Gasteiger partial charge in [-0.1, -0.05) is 65.9 Å². The minimum atomic E-state index is -0.758. The predicted octanol–water partition coefficient (Wildman–Crippen LogP) is 5.27. The van der Waals surface area contributed by atoms with Crippen molar-refractivity contribution >= 4 is 34.2 Å². The van der Waals surface area contributed by atoms with E-state index in [0.717, 1.165) is 21.9 Å². The van der Waals surface area contributed by atoms with Crippen LogP contribution < -0.4 is 33.8 Å². The first kappa shape index (κ1) is 29.4. The van der Waals surface area contributed by atoms with E-state index < -0.39 is 12.0 Å². The number of rotatable bonds is 8. The van der Waals surface area contributed by atoms with Gasteiger partial charge in [-0.05, 0) is 71.7 Å². The maximum absolute atomic E-state index is 14.1. The molecule has 10 heteroatoms. The molecule has 3 heterocycles. The SMILES string of the molecule is CCOC(=O)C1=C(C)N=c2s/c(=C\c3ccc(OCc4cccc5ccccc45)c(OC)c3)c(=O)n2[C@@H]1c1ccc2c(c1)OCO2. The average Bonchev–Trinajstić information content (AvgIpc) is 3.66. The van der Waals surface area contributed by atoms with Gasteiger partial charge in [-0.3, -0.25) is 9.36 Å². The van der Waals surface area contributed by atoms with Crippen molar-refractivity contribution in [3.8, 4) is 23.0 Å². The number of thiazole rings is 1. The van der Waals surface area contributed by atoms with E-state index in [1.807, 2.05) is 42.5 Å². The third-order valence-corrected chi connectivity index (χ3v) is 8.96. The molecule has 232 valence electrons. The minimum absolute atomic E-state index is 0.109. The zero-order valence-corrected chi connectivity index (χ0v) is 26.3. The number of nitrogens with zero attached hydrogens (tertiary/aromatic N) is 2. The van der Waals surface area contributed by atoms with Crippen LogP contribution in [-0.2, 0) is 16.1 Å². The summed E-state index contributed by atoms with van der Waals surface area (Å²) in [5, 5.41) is 2.29. The van der Waals surface area contributed by atoms with E-state index in [9.17, 15) is 9.59 Å². The first-order chi connectivity index (χ1) is 22.4. The van der Waals surface area contributed by atoms with E-state index in [1.165, 1.54) is 11.3 Å². The van der Waals surface area contributed by atoms with Crippen LogP contribution >= 0.6 is 11.3 Å². The van der Waals surface area contributed by atoms with E-state index >= 15 is 0 Å². The molecule has 0 unspecified atom stereocenters. The van der Waals surface area contributed by atoms with Crippen LogP contribution in [0.15, 0.2) is 99.9 Å². The molecule has 0 saturated heterocycles. The monoisotopic (exact) mass is 634 g/mol. The summed E-state index contributed by atoms with van der Waals surface area (Å²) in [7, 11) is 1.59. The second-order valence-electron chi connectivity index (χ2n) is 10.8. The van der Waals surface area contributed by atoms with Crippen molar-refractivity contribution in [1.29, 1.82) is 0 Å². The molecule has 0 bridgehead atoms. The Kier molecular flexibility index (Phi) is 7.79.